The highest BCUT2D eigenvalue weighted by atomic mass is 32.2. The Morgan fingerprint density at radius 2 is 1.79 bits per heavy atom. The summed E-state index contributed by atoms with van der Waals surface area (Å²) in [5, 5.41) is 9.15. The summed E-state index contributed by atoms with van der Waals surface area (Å²) in [6, 6.07) is 5.97. The number of benzene rings is 1. The topological polar surface area (TPSA) is 93.1 Å². The van der Waals surface area contributed by atoms with Crippen molar-refractivity contribution in [2.24, 2.45) is 0 Å². The van der Waals surface area contributed by atoms with E-state index in [4.69, 9.17) is 4.74 Å². The Morgan fingerprint density at radius 1 is 1.15 bits per heavy atom. The van der Waals surface area contributed by atoms with Crippen molar-refractivity contribution in [2.45, 2.75) is 38.9 Å². The molecule has 0 amide bonds. The molecule has 1 atom stereocenters. The Morgan fingerprint density at radius 3 is 2.39 bits per heavy atom. The standard InChI is InChI=1S/C23H28FN5O3S/c1-7-32-22(31)20-14(3)25-13(2)19(20)18(30)12-33-23-27-26-21(15(4)28(5)6)29(23)17-10-8-16(24)9-11-17/h8-11,15,25H,7,12H2,1-6H3/t15-/m0/s1. The predicted molar refractivity (Wildman–Crippen MR) is 125 cm³/mol. The number of carbonyl (C=O) groups is 2. The first-order valence-corrected chi connectivity index (χ1v) is 11.5. The molecule has 1 N–H and O–H groups in total. The normalized spacial score (nSPS) is 12.2. The number of hydrogen-bond acceptors (Lipinski definition) is 7. The average molecular weight is 474 g/mol. The summed E-state index contributed by atoms with van der Waals surface area (Å²) in [6.45, 7) is 7.42. The molecule has 3 aromatic rings. The molecule has 0 saturated carbocycles. The van der Waals surface area contributed by atoms with Crippen LogP contribution < -0.4 is 0 Å². The summed E-state index contributed by atoms with van der Waals surface area (Å²) >= 11 is 1.21. The number of aromatic nitrogens is 4. The highest BCUT2D eigenvalue weighted by molar-refractivity contribution is 7.99. The molecule has 0 saturated heterocycles. The zero-order valence-electron chi connectivity index (χ0n) is 19.6. The second-order valence-electron chi connectivity index (χ2n) is 7.85. The fourth-order valence-electron chi connectivity index (χ4n) is 3.50. The van der Waals surface area contributed by atoms with E-state index in [1.807, 2.05) is 30.5 Å². The minimum atomic E-state index is -0.524. The van der Waals surface area contributed by atoms with E-state index in [9.17, 15) is 14.0 Å². The fraction of sp³-hybridized carbons (Fsp3) is 0.391. The van der Waals surface area contributed by atoms with Crippen LogP contribution in [0.1, 0.15) is 57.8 Å². The van der Waals surface area contributed by atoms with Gasteiger partial charge < -0.3 is 9.72 Å². The van der Waals surface area contributed by atoms with Gasteiger partial charge in [0.05, 0.1) is 29.5 Å². The first-order valence-electron chi connectivity index (χ1n) is 10.6. The summed E-state index contributed by atoms with van der Waals surface area (Å²) in [6.07, 6.45) is 0. The Labute approximate surface area is 196 Å². The molecule has 0 fully saturated rings. The van der Waals surface area contributed by atoms with E-state index in [-0.39, 0.29) is 35.6 Å². The van der Waals surface area contributed by atoms with Gasteiger partial charge in [-0.05, 0) is 66.1 Å². The molecule has 0 unspecified atom stereocenters. The third-order valence-electron chi connectivity index (χ3n) is 5.36. The van der Waals surface area contributed by atoms with Gasteiger partial charge >= 0.3 is 5.97 Å². The Kier molecular flexibility index (Phi) is 7.70. The van der Waals surface area contributed by atoms with Crippen LogP contribution in [0.15, 0.2) is 29.4 Å². The average Bonchev–Trinajstić information content (AvgIpc) is 3.32. The summed E-state index contributed by atoms with van der Waals surface area (Å²) in [5.74, 6) is -0.379. The third-order valence-corrected chi connectivity index (χ3v) is 6.29. The van der Waals surface area contributed by atoms with Gasteiger partial charge in [0.15, 0.2) is 16.8 Å². The summed E-state index contributed by atoms with van der Waals surface area (Å²) in [5.41, 5.74) is 2.50. The third kappa shape index (κ3) is 5.17. The van der Waals surface area contributed by atoms with Crippen LogP contribution >= 0.6 is 11.8 Å². The zero-order chi connectivity index (χ0) is 24.3. The number of aromatic amines is 1. The van der Waals surface area contributed by atoms with Crippen LogP contribution in [0.5, 0.6) is 0 Å². The van der Waals surface area contributed by atoms with Crippen molar-refractivity contribution in [3.8, 4) is 5.69 Å². The molecule has 3 rings (SSSR count). The van der Waals surface area contributed by atoms with E-state index < -0.39 is 5.97 Å². The molecule has 2 aromatic heterocycles. The predicted octanol–water partition coefficient (Wildman–Crippen LogP) is 4.13. The minimum Gasteiger partial charge on any atom is -0.462 e. The Bertz CT molecular complexity index is 1150. The number of carbonyl (C=O) groups excluding carboxylic acids is 2. The van der Waals surface area contributed by atoms with Crippen molar-refractivity contribution >= 4 is 23.5 Å². The maximum absolute atomic E-state index is 13.5. The van der Waals surface area contributed by atoms with Gasteiger partial charge in [-0.15, -0.1) is 10.2 Å². The van der Waals surface area contributed by atoms with Crippen molar-refractivity contribution < 1.29 is 18.7 Å². The lowest BCUT2D eigenvalue weighted by Crippen LogP contribution is -2.20. The molecule has 0 aliphatic carbocycles. The molecule has 2 heterocycles. The van der Waals surface area contributed by atoms with Crippen LogP contribution in [-0.4, -0.2) is 62.9 Å². The number of thioether (sulfide) groups is 1. The van der Waals surface area contributed by atoms with E-state index in [0.717, 1.165) is 0 Å². The number of hydrogen-bond donors (Lipinski definition) is 1. The first-order chi connectivity index (χ1) is 15.6. The SMILES string of the molecule is CCOC(=O)c1c(C)[nH]c(C)c1C(=O)CSc1nnc([C@H](C)N(C)C)n1-c1ccc(F)cc1. The van der Waals surface area contributed by atoms with Gasteiger partial charge in [0.2, 0.25) is 0 Å². The summed E-state index contributed by atoms with van der Waals surface area (Å²) in [4.78, 5) is 30.6. The van der Waals surface area contributed by atoms with Crippen molar-refractivity contribution in [3.05, 3.63) is 58.4 Å². The molecule has 1 aromatic carbocycles. The second-order valence-corrected chi connectivity index (χ2v) is 8.79. The van der Waals surface area contributed by atoms with E-state index in [0.29, 0.717) is 33.6 Å². The number of rotatable bonds is 9. The van der Waals surface area contributed by atoms with Crippen LogP contribution in [0.2, 0.25) is 0 Å². The second kappa shape index (κ2) is 10.3. The highest BCUT2D eigenvalue weighted by Gasteiger charge is 2.27. The molecule has 33 heavy (non-hydrogen) atoms. The molecule has 0 aliphatic rings. The van der Waals surface area contributed by atoms with E-state index in [1.54, 1.807) is 32.9 Å². The van der Waals surface area contributed by atoms with Crippen molar-refractivity contribution in [1.29, 1.82) is 0 Å². The van der Waals surface area contributed by atoms with Gasteiger partial charge in [0, 0.05) is 17.1 Å². The number of nitrogens with zero attached hydrogens (tertiary/aromatic N) is 4. The number of ether oxygens (including phenoxy) is 1. The van der Waals surface area contributed by atoms with Crippen LogP contribution in [-0.2, 0) is 4.74 Å². The molecular weight excluding hydrogens is 445 g/mol. The number of halogens is 1. The Hall–Kier alpha value is -2.98. The number of esters is 1. The lowest BCUT2D eigenvalue weighted by Gasteiger charge is -2.20. The van der Waals surface area contributed by atoms with Crippen LogP contribution in [0, 0.1) is 19.7 Å². The van der Waals surface area contributed by atoms with Crippen molar-refractivity contribution in [3.63, 3.8) is 0 Å². The van der Waals surface area contributed by atoms with Gasteiger partial charge in [0.1, 0.15) is 5.82 Å². The highest BCUT2D eigenvalue weighted by Crippen LogP contribution is 2.29. The first kappa shape index (κ1) is 24.7. The molecule has 176 valence electrons. The maximum atomic E-state index is 13.5. The number of H-pyrrole nitrogens is 1. The van der Waals surface area contributed by atoms with E-state index >= 15 is 0 Å². The molecule has 0 aliphatic heterocycles. The van der Waals surface area contributed by atoms with E-state index in [2.05, 4.69) is 15.2 Å². The van der Waals surface area contributed by atoms with Gasteiger partial charge in [-0.25, -0.2) is 9.18 Å². The number of ketones is 1. The molecular formula is C23H28FN5O3S. The largest absolute Gasteiger partial charge is 0.462 e. The quantitative estimate of drug-likeness (QED) is 0.284. The number of aryl methyl sites for hydroxylation is 2. The lowest BCUT2D eigenvalue weighted by atomic mass is 10.1. The molecule has 0 bridgehead atoms. The van der Waals surface area contributed by atoms with Gasteiger partial charge in [0.25, 0.3) is 0 Å². The van der Waals surface area contributed by atoms with Crippen LogP contribution in [0.25, 0.3) is 5.69 Å². The molecule has 0 radical (unpaired) electrons. The summed E-state index contributed by atoms with van der Waals surface area (Å²) < 4.78 is 20.5. The zero-order valence-corrected chi connectivity index (χ0v) is 20.4. The number of Topliss-reactive ketones (excluding diaryl/α,β-unsaturated/α-hetero) is 1. The van der Waals surface area contributed by atoms with Crippen molar-refractivity contribution in [2.75, 3.05) is 26.5 Å². The summed E-state index contributed by atoms with van der Waals surface area (Å²) in [7, 11) is 3.86. The van der Waals surface area contributed by atoms with E-state index in [1.165, 1.54) is 23.9 Å². The van der Waals surface area contributed by atoms with Gasteiger partial charge in [-0.1, -0.05) is 11.8 Å². The Balaban J connectivity index is 1.93. The van der Waals surface area contributed by atoms with Gasteiger partial charge in [-0.3, -0.25) is 14.3 Å². The molecule has 8 nitrogen and oxygen atoms in total. The molecule has 10 heteroatoms. The van der Waals surface area contributed by atoms with Crippen LogP contribution in [0.4, 0.5) is 4.39 Å². The monoisotopic (exact) mass is 473 g/mol. The lowest BCUT2D eigenvalue weighted by molar-refractivity contribution is 0.0522. The minimum absolute atomic E-state index is 0.0419. The van der Waals surface area contributed by atoms with Gasteiger partial charge in [-0.2, -0.15) is 0 Å². The molecule has 0 spiro atoms. The smallest absolute Gasteiger partial charge is 0.340 e. The number of nitrogens with one attached hydrogen (secondary N) is 1. The van der Waals surface area contributed by atoms with Crippen molar-refractivity contribution in [1.82, 2.24) is 24.6 Å². The maximum Gasteiger partial charge on any atom is 0.340 e. The van der Waals surface area contributed by atoms with Crippen LogP contribution in [0.3, 0.4) is 0 Å². The fourth-order valence-corrected chi connectivity index (χ4v) is 4.33.